The summed E-state index contributed by atoms with van der Waals surface area (Å²) in [5.41, 5.74) is 10.5. The summed E-state index contributed by atoms with van der Waals surface area (Å²) in [5, 5.41) is 6.71. The third-order valence-electron chi connectivity index (χ3n) is 4.79. The second kappa shape index (κ2) is 19.5. The molecular formula is C21H44N4O2. The molecule has 0 rings (SSSR count). The maximum Gasteiger partial charge on any atom is 0.351 e. The summed E-state index contributed by atoms with van der Waals surface area (Å²) in [6, 6.07) is -0.330. The highest BCUT2D eigenvalue weighted by Crippen LogP contribution is 2.11. The molecule has 0 saturated heterocycles. The Balaban J connectivity index is 3.94. The molecule has 0 aliphatic heterocycles. The molecule has 0 aromatic rings. The highest BCUT2D eigenvalue weighted by molar-refractivity contribution is 5.79. The van der Waals surface area contributed by atoms with Crippen molar-refractivity contribution in [2.24, 2.45) is 16.6 Å². The predicted octanol–water partition coefficient (Wildman–Crippen LogP) is 4.57. The lowest BCUT2D eigenvalue weighted by molar-refractivity contribution is -0.146. The fraction of sp³-hybridized carbons (Fsp3) is 0.905. The van der Waals surface area contributed by atoms with Crippen molar-refractivity contribution in [3.05, 3.63) is 0 Å². The lowest BCUT2D eigenvalue weighted by Gasteiger charge is -2.15. The summed E-state index contributed by atoms with van der Waals surface area (Å²) in [6.07, 6.45) is 18.2. The molecule has 6 nitrogen and oxygen atoms in total. The third kappa shape index (κ3) is 17.9. The average Bonchev–Trinajstić information content (AvgIpc) is 2.65. The Labute approximate surface area is 166 Å². The minimum atomic E-state index is -0.394. The molecule has 0 bridgehead atoms. The van der Waals surface area contributed by atoms with Crippen LogP contribution in [0.2, 0.25) is 0 Å². The highest BCUT2D eigenvalue weighted by Gasteiger charge is 2.19. The Bertz CT molecular complexity index is 371. The van der Waals surface area contributed by atoms with E-state index >= 15 is 0 Å². The van der Waals surface area contributed by atoms with Gasteiger partial charge in [-0.25, -0.2) is 4.79 Å². The molecule has 160 valence electrons. The Morgan fingerprint density at radius 2 is 1.30 bits per heavy atom. The van der Waals surface area contributed by atoms with Crippen molar-refractivity contribution in [3.8, 4) is 0 Å². The van der Waals surface area contributed by atoms with Crippen LogP contribution in [0.25, 0.3) is 0 Å². The van der Waals surface area contributed by atoms with E-state index in [0.717, 1.165) is 32.2 Å². The molecule has 0 heterocycles. The molecule has 27 heavy (non-hydrogen) atoms. The van der Waals surface area contributed by atoms with Crippen LogP contribution in [0.15, 0.2) is 5.16 Å². The molecule has 1 unspecified atom stereocenters. The van der Waals surface area contributed by atoms with Crippen molar-refractivity contribution >= 4 is 11.9 Å². The largest absolute Gasteiger partial charge is 0.367 e. The number of rotatable bonds is 19. The van der Waals surface area contributed by atoms with Crippen molar-refractivity contribution in [1.29, 1.82) is 0 Å². The molecule has 0 spiro atoms. The van der Waals surface area contributed by atoms with E-state index in [9.17, 15) is 4.79 Å². The molecule has 0 aliphatic rings. The molecule has 0 saturated carbocycles. The Hall–Kier alpha value is -1.30. The van der Waals surface area contributed by atoms with Gasteiger partial charge in [-0.1, -0.05) is 97.3 Å². The Kier molecular flexibility index (Phi) is 18.5. The number of guanidine groups is 1. The van der Waals surface area contributed by atoms with Crippen LogP contribution in [0.1, 0.15) is 110 Å². The van der Waals surface area contributed by atoms with Gasteiger partial charge in [0.15, 0.2) is 0 Å². The van der Waals surface area contributed by atoms with Crippen molar-refractivity contribution < 1.29 is 9.63 Å². The summed E-state index contributed by atoms with van der Waals surface area (Å²) in [5.74, 6) is -0.626. The summed E-state index contributed by atoms with van der Waals surface area (Å²) >= 11 is 0. The van der Waals surface area contributed by atoms with Gasteiger partial charge in [-0.2, -0.15) is 0 Å². The van der Waals surface area contributed by atoms with Gasteiger partial charge in [0.1, 0.15) is 6.04 Å². The first kappa shape index (κ1) is 25.7. The van der Waals surface area contributed by atoms with Crippen LogP contribution in [-0.2, 0) is 9.63 Å². The first-order valence-electron chi connectivity index (χ1n) is 11.1. The van der Waals surface area contributed by atoms with E-state index in [0.29, 0.717) is 0 Å². The van der Waals surface area contributed by atoms with E-state index in [1.165, 1.54) is 70.6 Å². The number of oxime groups is 1. The smallest absolute Gasteiger partial charge is 0.351 e. The normalized spacial score (nSPS) is 11.9. The number of nitrogens with one attached hydrogen (secondary N) is 1. The number of carbonyl (C=O) groups excluding carboxylic acids is 1. The van der Waals surface area contributed by atoms with E-state index < -0.39 is 5.97 Å². The standard InChI is InChI=1S/C21H44N4O2/c1-3-5-7-9-10-11-12-14-16-18-24-19(17-15-13-8-6-4-2)20(26)27-25-21(22)23/h19,24H,3-18H2,1-2H3,(H4,22,23,25). The lowest BCUT2D eigenvalue weighted by atomic mass is 10.1. The first-order valence-corrected chi connectivity index (χ1v) is 11.1. The molecule has 0 aromatic heterocycles. The quantitative estimate of drug-likeness (QED) is 0.0995. The number of hydrogen-bond acceptors (Lipinski definition) is 4. The van der Waals surface area contributed by atoms with Gasteiger partial charge < -0.3 is 21.6 Å². The maximum absolute atomic E-state index is 12.2. The van der Waals surface area contributed by atoms with E-state index in [-0.39, 0.29) is 12.0 Å². The van der Waals surface area contributed by atoms with Gasteiger partial charge in [-0.3, -0.25) is 0 Å². The topological polar surface area (TPSA) is 103 Å². The molecule has 0 amide bonds. The van der Waals surface area contributed by atoms with E-state index in [1.54, 1.807) is 0 Å². The average molecular weight is 385 g/mol. The van der Waals surface area contributed by atoms with Crippen molar-refractivity contribution in [2.45, 2.75) is 116 Å². The minimum absolute atomic E-state index is 0.232. The van der Waals surface area contributed by atoms with Gasteiger partial charge in [0, 0.05) is 0 Å². The molecule has 0 aromatic carbocycles. The molecule has 5 N–H and O–H groups in total. The van der Waals surface area contributed by atoms with Crippen LogP contribution >= 0.6 is 0 Å². The number of carbonyl (C=O) groups is 1. The zero-order valence-corrected chi connectivity index (χ0v) is 17.8. The fourth-order valence-electron chi connectivity index (χ4n) is 3.13. The van der Waals surface area contributed by atoms with Gasteiger partial charge in [0.25, 0.3) is 0 Å². The van der Waals surface area contributed by atoms with Crippen LogP contribution in [0.4, 0.5) is 0 Å². The van der Waals surface area contributed by atoms with E-state index in [4.69, 9.17) is 16.3 Å². The van der Waals surface area contributed by atoms with E-state index in [2.05, 4.69) is 24.3 Å². The monoisotopic (exact) mass is 384 g/mol. The molecule has 1 atom stereocenters. The van der Waals surface area contributed by atoms with Crippen LogP contribution in [-0.4, -0.2) is 24.5 Å². The van der Waals surface area contributed by atoms with Gasteiger partial charge in [-0.15, -0.1) is 0 Å². The lowest BCUT2D eigenvalue weighted by Crippen LogP contribution is -2.38. The Morgan fingerprint density at radius 1 is 0.815 bits per heavy atom. The summed E-state index contributed by atoms with van der Waals surface area (Å²) < 4.78 is 0. The molecule has 0 radical (unpaired) electrons. The van der Waals surface area contributed by atoms with Crippen LogP contribution < -0.4 is 16.8 Å². The second-order valence-electron chi connectivity index (χ2n) is 7.46. The van der Waals surface area contributed by atoms with Crippen LogP contribution in [0, 0.1) is 0 Å². The van der Waals surface area contributed by atoms with E-state index in [1.807, 2.05) is 0 Å². The van der Waals surface area contributed by atoms with Crippen LogP contribution in [0.3, 0.4) is 0 Å². The predicted molar refractivity (Wildman–Crippen MR) is 114 cm³/mol. The molecular weight excluding hydrogens is 340 g/mol. The highest BCUT2D eigenvalue weighted by atomic mass is 16.7. The zero-order valence-electron chi connectivity index (χ0n) is 17.8. The SMILES string of the molecule is CCCCCCCCCCCNC(CCCCCCC)C(=O)ON=C(N)N. The molecule has 6 heteroatoms. The summed E-state index contributed by atoms with van der Waals surface area (Å²) in [4.78, 5) is 17.0. The minimum Gasteiger partial charge on any atom is -0.367 e. The van der Waals surface area contributed by atoms with Gasteiger partial charge in [-0.05, 0) is 24.5 Å². The van der Waals surface area contributed by atoms with Crippen molar-refractivity contribution in [2.75, 3.05) is 6.54 Å². The summed E-state index contributed by atoms with van der Waals surface area (Å²) in [6.45, 7) is 5.27. The number of hydrogen-bond donors (Lipinski definition) is 3. The van der Waals surface area contributed by atoms with Gasteiger partial charge in [0.2, 0.25) is 5.96 Å². The van der Waals surface area contributed by atoms with Crippen molar-refractivity contribution in [3.63, 3.8) is 0 Å². The van der Waals surface area contributed by atoms with Gasteiger partial charge >= 0.3 is 5.97 Å². The van der Waals surface area contributed by atoms with Gasteiger partial charge in [0.05, 0.1) is 0 Å². The third-order valence-corrected chi connectivity index (χ3v) is 4.79. The number of unbranched alkanes of at least 4 members (excludes halogenated alkanes) is 12. The number of nitrogens with zero attached hydrogens (tertiary/aromatic N) is 1. The second-order valence-corrected chi connectivity index (χ2v) is 7.46. The molecule has 0 aliphatic carbocycles. The fourth-order valence-corrected chi connectivity index (χ4v) is 3.13. The van der Waals surface area contributed by atoms with Crippen LogP contribution in [0.5, 0.6) is 0 Å². The number of nitrogens with two attached hydrogens (primary N) is 2. The first-order chi connectivity index (χ1) is 13.1. The summed E-state index contributed by atoms with van der Waals surface area (Å²) in [7, 11) is 0. The molecule has 0 fully saturated rings. The zero-order chi connectivity index (χ0) is 20.2. The van der Waals surface area contributed by atoms with Crippen molar-refractivity contribution in [1.82, 2.24) is 5.32 Å². The Morgan fingerprint density at radius 3 is 1.81 bits per heavy atom. The maximum atomic E-state index is 12.2.